The lowest BCUT2D eigenvalue weighted by molar-refractivity contribution is 1.07. The average molecular weight is 253 g/mol. The fourth-order valence-corrected chi connectivity index (χ4v) is 2.33. The van der Waals surface area contributed by atoms with E-state index in [9.17, 15) is 0 Å². The number of thiophene rings is 1. The van der Waals surface area contributed by atoms with Crippen molar-refractivity contribution >= 4 is 11.3 Å². The van der Waals surface area contributed by atoms with E-state index in [0.717, 1.165) is 16.3 Å². The maximum Gasteiger partial charge on any atom is 0.173 e. The smallest absolute Gasteiger partial charge is 0.173 e. The van der Waals surface area contributed by atoms with Crippen molar-refractivity contribution in [3.8, 4) is 22.1 Å². The molecule has 0 aliphatic rings. The van der Waals surface area contributed by atoms with Gasteiger partial charge in [-0.15, -0.1) is 11.3 Å². The van der Waals surface area contributed by atoms with E-state index in [1.165, 1.54) is 5.56 Å². The predicted molar refractivity (Wildman–Crippen MR) is 73.3 cm³/mol. The highest BCUT2D eigenvalue weighted by Gasteiger charge is 2.06. The van der Waals surface area contributed by atoms with Gasteiger partial charge in [0.2, 0.25) is 0 Å². The number of benzene rings is 1. The standard InChI is InChI=1S/C14H11N3S/c1-10-4-6-11(7-5-10)13-15-9-16-14(17-13)12-3-2-8-18-12/h2-9H,1H3. The largest absolute Gasteiger partial charge is 0.217 e. The van der Waals surface area contributed by atoms with Gasteiger partial charge in [0.1, 0.15) is 6.33 Å². The first-order valence-electron chi connectivity index (χ1n) is 5.63. The van der Waals surface area contributed by atoms with Gasteiger partial charge in [0, 0.05) is 5.56 Å². The third kappa shape index (κ3) is 2.15. The van der Waals surface area contributed by atoms with Crippen molar-refractivity contribution < 1.29 is 0 Å². The topological polar surface area (TPSA) is 38.7 Å². The molecule has 0 unspecified atom stereocenters. The van der Waals surface area contributed by atoms with Crippen LogP contribution in [0.4, 0.5) is 0 Å². The van der Waals surface area contributed by atoms with Gasteiger partial charge in [-0.25, -0.2) is 15.0 Å². The third-order valence-electron chi connectivity index (χ3n) is 2.62. The quantitative estimate of drug-likeness (QED) is 0.700. The van der Waals surface area contributed by atoms with Crippen LogP contribution in [0.3, 0.4) is 0 Å². The van der Waals surface area contributed by atoms with E-state index in [-0.39, 0.29) is 0 Å². The molecule has 2 heterocycles. The lowest BCUT2D eigenvalue weighted by Gasteiger charge is -2.02. The van der Waals surface area contributed by atoms with Gasteiger partial charge < -0.3 is 0 Å². The Balaban J connectivity index is 2.03. The van der Waals surface area contributed by atoms with Gasteiger partial charge in [-0.05, 0) is 18.4 Å². The molecule has 0 saturated carbocycles. The summed E-state index contributed by atoms with van der Waals surface area (Å²) in [6.45, 7) is 2.06. The minimum Gasteiger partial charge on any atom is -0.217 e. The van der Waals surface area contributed by atoms with E-state index in [0.29, 0.717) is 5.82 Å². The van der Waals surface area contributed by atoms with Crippen molar-refractivity contribution in [3.63, 3.8) is 0 Å². The second-order valence-electron chi connectivity index (χ2n) is 3.98. The monoisotopic (exact) mass is 253 g/mol. The Kier molecular flexibility index (Phi) is 2.86. The van der Waals surface area contributed by atoms with Crippen molar-refractivity contribution in [3.05, 3.63) is 53.7 Å². The number of rotatable bonds is 2. The molecule has 3 rings (SSSR count). The maximum atomic E-state index is 4.50. The molecule has 0 spiro atoms. The highest BCUT2D eigenvalue weighted by Crippen LogP contribution is 2.22. The van der Waals surface area contributed by atoms with Gasteiger partial charge >= 0.3 is 0 Å². The summed E-state index contributed by atoms with van der Waals surface area (Å²) in [5, 5.41) is 2.02. The van der Waals surface area contributed by atoms with Crippen molar-refractivity contribution in [1.29, 1.82) is 0 Å². The van der Waals surface area contributed by atoms with E-state index in [1.54, 1.807) is 17.7 Å². The lowest BCUT2D eigenvalue weighted by Crippen LogP contribution is -1.93. The fourth-order valence-electron chi connectivity index (χ4n) is 1.66. The molecular weight excluding hydrogens is 242 g/mol. The summed E-state index contributed by atoms with van der Waals surface area (Å²) < 4.78 is 0. The molecule has 3 nitrogen and oxygen atoms in total. The van der Waals surface area contributed by atoms with E-state index in [4.69, 9.17) is 0 Å². The average Bonchev–Trinajstić information content (AvgIpc) is 2.94. The van der Waals surface area contributed by atoms with Gasteiger partial charge in [0.15, 0.2) is 11.6 Å². The maximum absolute atomic E-state index is 4.50. The van der Waals surface area contributed by atoms with Gasteiger partial charge in [-0.1, -0.05) is 35.9 Å². The summed E-state index contributed by atoms with van der Waals surface area (Å²) in [5.74, 6) is 1.45. The van der Waals surface area contributed by atoms with Crippen LogP contribution in [0.1, 0.15) is 5.56 Å². The van der Waals surface area contributed by atoms with E-state index in [2.05, 4.69) is 34.0 Å². The Hall–Kier alpha value is -2.07. The van der Waals surface area contributed by atoms with Crippen LogP contribution in [-0.2, 0) is 0 Å². The molecule has 0 aliphatic heterocycles. The van der Waals surface area contributed by atoms with Gasteiger partial charge in [-0.3, -0.25) is 0 Å². The normalized spacial score (nSPS) is 10.5. The molecule has 0 atom stereocenters. The summed E-state index contributed by atoms with van der Waals surface area (Å²) in [4.78, 5) is 14.0. The van der Waals surface area contributed by atoms with Crippen molar-refractivity contribution in [2.45, 2.75) is 6.92 Å². The third-order valence-corrected chi connectivity index (χ3v) is 3.49. The molecular formula is C14H11N3S. The Labute approximate surface area is 109 Å². The molecule has 18 heavy (non-hydrogen) atoms. The number of aromatic nitrogens is 3. The number of nitrogens with zero attached hydrogens (tertiary/aromatic N) is 3. The summed E-state index contributed by atoms with van der Waals surface area (Å²) >= 11 is 1.63. The fraction of sp³-hybridized carbons (Fsp3) is 0.0714. The number of aryl methyl sites for hydroxylation is 1. The Morgan fingerprint density at radius 1 is 0.944 bits per heavy atom. The molecule has 4 heteroatoms. The van der Waals surface area contributed by atoms with Crippen LogP contribution < -0.4 is 0 Å². The molecule has 0 radical (unpaired) electrons. The summed E-state index contributed by atoms with van der Waals surface area (Å²) in [7, 11) is 0. The summed E-state index contributed by atoms with van der Waals surface area (Å²) in [6, 6.07) is 12.2. The molecule has 0 aliphatic carbocycles. The van der Waals surface area contributed by atoms with Gasteiger partial charge in [0.25, 0.3) is 0 Å². The first-order chi connectivity index (χ1) is 8.83. The zero-order chi connectivity index (χ0) is 12.4. The predicted octanol–water partition coefficient (Wildman–Crippen LogP) is 3.58. The minimum atomic E-state index is 0.716. The summed E-state index contributed by atoms with van der Waals surface area (Å²) in [6.07, 6.45) is 1.57. The Morgan fingerprint density at radius 2 is 1.72 bits per heavy atom. The van der Waals surface area contributed by atoms with Crippen molar-refractivity contribution in [1.82, 2.24) is 15.0 Å². The minimum absolute atomic E-state index is 0.716. The SMILES string of the molecule is Cc1ccc(-c2ncnc(-c3cccs3)n2)cc1. The first-order valence-corrected chi connectivity index (χ1v) is 6.51. The highest BCUT2D eigenvalue weighted by molar-refractivity contribution is 7.13. The van der Waals surface area contributed by atoms with Crippen LogP contribution in [0.5, 0.6) is 0 Å². The molecule has 0 fully saturated rings. The van der Waals surface area contributed by atoms with Gasteiger partial charge in [-0.2, -0.15) is 0 Å². The molecule has 0 N–H and O–H groups in total. The molecule has 0 amide bonds. The van der Waals surface area contributed by atoms with Crippen LogP contribution in [-0.4, -0.2) is 15.0 Å². The van der Waals surface area contributed by atoms with Gasteiger partial charge in [0.05, 0.1) is 4.88 Å². The highest BCUT2D eigenvalue weighted by atomic mass is 32.1. The molecule has 88 valence electrons. The van der Waals surface area contributed by atoms with Crippen molar-refractivity contribution in [2.75, 3.05) is 0 Å². The number of hydrogen-bond acceptors (Lipinski definition) is 4. The van der Waals surface area contributed by atoms with Crippen LogP contribution in [0.15, 0.2) is 48.1 Å². The van der Waals surface area contributed by atoms with E-state index >= 15 is 0 Å². The van der Waals surface area contributed by atoms with Crippen LogP contribution in [0.2, 0.25) is 0 Å². The lowest BCUT2D eigenvalue weighted by atomic mass is 10.1. The second-order valence-corrected chi connectivity index (χ2v) is 4.92. The van der Waals surface area contributed by atoms with Crippen LogP contribution >= 0.6 is 11.3 Å². The molecule has 0 bridgehead atoms. The zero-order valence-corrected chi connectivity index (χ0v) is 10.7. The van der Waals surface area contributed by atoms with E-state index in [1.807, 2.05) is 29.6 Å². The zero-order valence-electron chi connectivity index (χ0n) is 9.87. The second kappa shape index (κ2) is 4.66. The molecule has 1 aromatic carbocycles. The number of hydrogen-bond donors (Lipinski definition) is 0. The molecule has 2 aromatic heterocycles. The van der Waals surface area contributed by atoms with E-state index < -0.39 is 0 Å². The van der Waals surface area contributed by atoms with Crippen LogP contribution in [0.25, 0.3) is 22.1 Å². The first kappa shape index (κ1) is 11.0. The summed E-state index contributed by atoms with van der Waals surface area (Å²) in [5.41, 5.74) is 2.24. The van der Waals surface area contributed by atoms with Crippen molar-refractivity contribution in [2.24, 2.45) is 0 Å². The van der Waals surface area contributed by atoms with Crippen LogP contribution in [0, 0.1) is 6.92 Å². The molecule has 3 aromatic rings. The molecule has 0 saturated heterocycles. The Morgan fingerprint density at radius 3 is 2.44 bits per heavy atom. The Bertz CT molecular complexity index is 645.